The van der Waals surface area contributed by atoms with Crippen LogP contribution in [0.25, 0.3) is 5.69 Å². The molecule has 2 aromatic rings. The number of aliphatic imine (C=N–C) groups is 1. The molecule has 0 atom stereocenters. The third-order valence-corrected chi connectivity index (χ3v) is 4.01. The molecular weight excluding hydrogens is 270 g/mol. The van der Waals surface area contributed by atoms with Gasteiger partial charge in [0.05, 0.1) is 17.9 Å². The van der Waals surface area contributed by atoms with Gasteiger partial charge in [-0.15, -0.1) is 0 Å². The lowest BCUT2D eigenvalue weighted by Crippen LogP contribution is -2.07. The van der Waals surface area contributed by atoms with E-state index in [0.717, 1.165) is 46.3 Å². The molecule has 20 heavy (non-hydrogen) atoms. The number of nitrogens with zero attached hydrogens (tertiary/aromatic N) is 3. The largest absolute Gasteiger partial charge is 0.298 e. The summed E-state index contributed by atoms with van der Waals surface area (Å²) in [6.45, 7) is 6.94. The van der Waals surface area contributed by atoms with Crippen molar-refractivity contribution in [3.8, 4) is 5.69 Å². The minimum absolute atomic E-state index is 0.628. The van der Waals surface area contributed by atoms with Crippen molar-refractivity contribution < 1.29 is 0 Å². The minimum atomic E-state index is 0.628. The van der Waals surface area contributed by atoms with Crippen LogP contribution in [0.1, 0.15) is 43.0 Å². The third kappa shape index (κ3) is 2.06. The molecule has 3 nitrogen and oxygen atoms in total. The summed E-state index contributed by atoms with van der Waals surface area (Å²) in [6.07, 6.45) is 2.13. The van der Waals surface area contributed by atoms with Crippen LogP contribution in [0.4, 0.5) is 0 Å². The van der Waals surface area contributed by atoms with Crippen LogP contribution >= 0.6 is 11.6 Å². The Morgan fingerprint density at radius 2 is 2.10 bits per heavy atom. The monoisotopic (exact) mass is 287 g/mol. The number of aryl methyl sites for hydroxylation is 1. The van der Waals surface area contributed by atoms with Gasteiger partial charge in [0.15, 0.2) is 0 Å². The van der Waals surface area contributed by atoms with Crippen molar-refractivity contribution in [1.82, 2.24) is 9.55 Å². The predicted octanol–water partition coefficient (Wildman–Crippen LogP) is 4.11. The zero-order chi connectivity index (χ0) is 14.3. The highest BCUT2D eigenvalue weighted by atomic mass is 35.5. The number of fused-ring (bicyclic) bond motifs is 3. The van der Waals surface area contributed by atoms with E-state index in [9.17, 15) is 0 Å². The molecule has 0 bridgehead atoms. The molecule has 0 unspecified atom stereocenters. The van der Waals surface area contributed by atoms with Gasteiger partial charge in [0, 0.05) is 22.0 Å². The lowest BCUT2D eigenvalue weighted by atomic mass is 10.1. The molecule has 1 aliphatic rings. The first-order valence-corrected chi connectivity index (χ1v) is 7.38. The number of imidazole rings is 1. The fourth-order valence-electron chi connectivity index (χ4n) is 2.81. The van der Waals surface area contributed by atoms with Crippen molar-refractivity contribution >= 4 is 17.3 Å². The van der Waals surface area contributed by atoms with Crippen molar-refractivity contribution in [3.05, 3.63) is 46.0 Å². The Hall–Kier alpha value is -1.61. The van der Waals surface area contributed by atoms with Gasteiger partial charge in [0.25, 0.3) is 0 Å². The summed E-state index contributed by atoms with van der Waals surface area (Å²) in [7, 11) is 0. The molecule has 1 aromatic carbocycles. The van der Waals surface area contributed by atoms with Crippen molar-refractivity contribution in [2.45, 2.75) is 40.2 Å². The highest BCUT2D eigenvalue weighted by molar-refractivity contribution is 6.31. The fourth-order valence-corrected chi connectivity index (χ4v) is 2.99. The number of aromatic nitrogens is 2. The predicted molar refractivity (Wildman–Crippen MR) is 83.2 cm³/mol. The lowest BCUT2D eigenvalue weighted by Gasteiger charge is -2.13. The summed E-state index contributed by atoms with van der Waals surface area (Å²) in [4.78, 5) is 9.35. The van der Waals surface area contributed by atoms with E-state index in [1.807, 2.05) is 19.1 Å². The Bertz CT molecular complexity index is 698. The summed E-state index contributed by atoms with van der Waals surface area (Å²) in [5.41, 5.74) is 5.67. The molecule has 4 heteroatoms. The highest BCUT2D eigenvalue weighted by Gasteiger charge is 2.21. The number of hydrogen-bond donors (Lipinski definition) is 0. The molecular formula is C16H18ClN3. The molecule has 0 saturated carbocycles. The molecule has 0 saturated heterocycles. The van der Waals surface area contributed by atoms with Crippen LogP contribution in [0.15, 0.2) is 23.2 Å². The van der Waals surface area contributed by atoms with Gasteiger partial charge in [-0.25, -0.2) is 4.98 Å². The second-order valence-corrected chi connectivity index (χ2v) is 5.65. The highest BCUT2D eigenvalue weighted by Crippen LogP contribution is 2.28. The Morgan fingerprint density at radius 1 is 1.30 bits per heavy atom. The Labute approximate surface area is 124 Å². The van der Waals surface area contributed by atoms with E-state index >= 15 is 0 Å². The van der Waals surface area contributed by atoms with E-state index in [0.29, 0.717) is 6.54 Å². The number of hydrogen-bond acceptors (Lipinski definition) is 2. The summed E-state index contributed by atoms with van der Waals surface area (Å²) >= 11 is 6.15. The maximum atomic E-state index is 6.15. The van der Waals surface area contributed by atoms with Gasteiger partial charge in [-0.1, -0.05) is 24.9 Å². The van der Waals surface area contributed by atoms with E-state index in [4.69, 9.17) is 16.6 Å². The molecule has 0 N–H and O–H groups in total. The lowest BCUT2D eigenvalue weighted by molar-refractivity contribution is 0.802. The quantitative estimate of drug-likeness (QED) is 0.817. The van der Waals surface area contributed by atoms with Gasteiger partial charge >= 0.3 is 0 Å². The summed E-state index contributed by atoms with van der Waals surface area (Å²) in [5.74, 6) is 1.02. The van der Waals surface area contributed by atoms with Crippen LogP contribution in [0, 0.1) is 6.92 Å². The van der Waals surface area contributed by atoms with Crippen molar-refractivity contribution in [3.63, 3.8) is 0 Å². The van der Waals surface area contributed by atoms with Gasteiger partial charge in [0.1, 0.15) is 5.82 Å². The molecule has 0 radical (unpaired) electrons. The molecule has 0 amide bonds. The first kappa shape index (κ1) is 13.4. The maximum Gasteiger partial charge on any atom is 0.135 e. The first-order valence-electron chi connectivity index (χ1n) is 7.00. The van der Waals surface area contributed by atoms with Gasteiger partial charge in [-0.2, -0.15) is 0 Å². The molecule has 1 aliphatic heterocycles. The SMILES string of the molecule is CCCc1c(C)nc2n1-c1ccc(Cl)cc1C(C)=NC2. The second kappa shape index (κ2) is 5.06. The second-order valence-electron chi connectivity index (χ2n) is 5.21. The number of halogens is 1. The fraction of sp³-hybridized carbons (Fsp3) is 0.375. The van der Waals surface area contributed by atoms with E-state index < -0.39 is 0 Å². The van der Waals surface area contributed by atoms with Gasteiger partial charge in [0.2, 0.25) is 0 Å². The minimum Gasteiger partial charge on any atom is -0.298 e. The molecule has 3 rings (SSSR count). The first-order chi connectivity index (χ1) is 9.61. The van der Waals surface area contributed by atoms with Crippen LogP contribution in [0.3, 0.4) is 0 Å². The van der Waals surface area contributed by atoms with Crippen LogP contribution in [0.2, 0.25) is 5.02 Å². The smallest absolute Gasteiger partial charge is 0.135 e. The van der Waals surface area contributed by atoms with E-state index in [1.54, 1.807) is 0 Å². The average molecular weight is 288 g/mol. The van der Waals surface area contributed by atoms with Crippen molar-refractivity contribution in [1.29, 1.82) is 0 Å². The maximum absolute atomic E-state index is 6.15. The molecule has 0 fully saturated rings. The van der Waals surface area contributed by atoms with E-state index in [1.165, 1.54) is 5.69 Å². The van der Waals surface area contributed by atoms with Gasteiger partial charge in [-0.3, -0.25) is 9.56 Å². The zero-order valence-corrected chi connectivity index (χ0v) is 12.8. The molecule has 0 spiro atoms. The molecule has 0 aliphatic carbocycles. The summed E-state index contributed by atoms with van der Waals surface area (Å²) in [6, 6.07) is 6.01. The average Bonchev–Trinajstić information content (AvgIpc) is 2.66. The third-order valence-electron chi connectivity index (χ3n) is 3.78. The van der Waals surface area contributed by atoms with Crippen LogP contribution < -0.4 is 0 Å². The van der Waals surface area contributed by atoms with Gasteiger partial charge < -0.3 is 0 Å². The van der Waals surface area contributed by atoms with Crippen molar-refractivity contribution in [2.75, 3.05) is 0 Å². The molecule has 2 heterocycles. The Balaban J connectivity index is 2.30. The topological polar surface area (TPSA) is 30.2 Å². The van der Waals surface area contributed by atoms with E-state index in [-0.39, 0.29) is 0 Å². The Morgan fingerprint density at radius 3 is 2.85 bits per heavy atom. The van der Waals surface area contributed by atoms with Gasteiger partial charge in [-0.05, 0) is 38.5 Å². The van der Waals surface area contributed by atoms with Crippen LogP contribution in [-0.4, -0.2) is 15.3 Å². The summed E-state index contributed by atoms with van der Waals surface area (Å²) in [5, 5.41) is 0.746. The normalized spacial score (nSPS) is 13.5. The molecule has 104 valence electrons. The molecule has 1 aromatic heterocycles. The van der Waals surface area contributed by atoms with Crippen LogP contribution in [-0.2, 0) is 13.0 Å². The Kier molecular flexibility index (Phi) is 3.38. The van der Waals surface area contributed by atoms with Crippen LogP contribution in [0.5, 0.6) is 0 Å². The standard InChI is InChI=1S/C16H18ClN3/c1-4-5-14-11(3)19-16-9-18-10(2)13-8-12(17)6-7-15(13)20(14)16/h6-8H,4-5,9H2,1-3H3. The zero-order valence-electron chi connectivity index (χ0n) is 12.1. The summed E-state index contributed by atoms with van der Waals surface area (Å²) < 4.78 is 2.27. The van der Waals surface area contributed by atoms with E-state index in [2.05, 4.69) is 29.5 Å². The number of benzene rings is 1. The number of rotatable bonds is 2. The van der Waals surface area contributed by atoms with Crippen molar-refractivity contribution in [2.24, 2.45) is 4.99 Å².